The first-order valence-corrected chi connectivity index (χ1v) is 8.88. The molecule has 7 heteroatoms. The van der Waals surface area contributed by atoms with Gasteiger partial charge in [-0.2, -0.15) is 0 Å². The summed E-state index contributed by atoms with van der Waals surface area (Å²) in [5, 5.41) is 3.85. The summed E-state index contributed by atoms with van der Waals surface area (Å²) < 4.78 is 14.2. The number of hydrogen-bond donors (Lipinski definition) is 3. The van der Waals surface area contributed by atoms with Crippen molar-refractivity contribution in [3.8, 4) is 0 Å². The molecule has 1 saturated heterocycles. The molecule has 0 spiro atoms. The fraction of sp³-hybridized carbons (Fsp3) is 0.222. The normalized spacial score (nSPS) is 20.0. The first kappa shape index (κ1) is 16.1. The molecule has 128 valence electrons. The van der Waals surface area contributed by atoms with E-state index in [4.69, 9.17) is 0 Å². The van der Waals surface area contributed by atoms with E-state index in [0.29, 0.717) is 13.1 Å². The zero-order valence-corrected chi connectivity index (χ0v) is 14.1. The number of thiazole rings is 1. The van der Waals surface area contributed by atoms with Crippen LogP contribution in [0.5, 0.6) is 0 Å². The van der Waals surface area contributed by atoms with Gasteiger partial charge in [0.25, 0.3) is 0 Å². The summed E-state index contributed by atoms with van der Waals surface area (Å²) in [6.45, 7) is 0.929. The Bertz CT molecular complexity index is 862. The molecule has 2 atom stereocenters. The second-order valence-electron chi connectivity index (χ2n) is 5.95. The molecule has 1 fully saturated rings. The maximum Gasteiger partial charge on any atom is 0.226 e. The van der Waals surface area contributed by atoms with Crippen molar-refractivity contribution < 1.29 is 9.18 Å². The van der Waals surface area contributed by atoms with Crippen LogP contribution in [0.25, 0.3) is 10.2 Å². The van der Waals surface area contributed by atoms with E-state index >= 15 is 0 Å². The molecule has 1 aliphatic rings. The van der Waals surface area contributed by atoms with E-state index in [1.165, 1.54) is 12.1 Å². The zero-order valence-electron chi connectivity index (χ0n) is 13.3. The van der Waals surface area contributed by atoms with Crippen molar-refractivity contribution in [2.75, 3.05) is 6.54 Å². The second kappa shape index (κ2) is 6.87. The first-order valence-electron chi connectivity index (χ1n) is 8.07. The minimum atomic E-state index is -0.286. The molecule has 5 nitrogen and oxygen atoms in total. The largest absolute Gasteiger partial charge is 0.349 e. The van der Waals surface area contributed by atoms with Gasteiger partial charge in [0.05, 0.1) is 28.7 Å². The summed E-state index contributed by atoms with van der Waals surface area (Å²) in [4.78, 5) is 17.1. The van der Waals surface area contributed by atoms with Crippen LogP contribution in [0.3, 0.4) is 0 Å². The maximum absolute atomic E-state index is 13.1. The van der Waals surface area contributed by atoms with Gasteiger partial charge < -0.3 is 5.32 Å². The number of carbonyl (C=O) groups excluding carboxylic acids is 1. The highest BCUT2D eigenvalue weighted by atomic mass is 32.1. The number of amides is 1. The number of nitrogens with zero attached hydrogens (tertiary/aromatic N) is 1. The Morgan fingerprint density at radius 2 is 2.04 bits per heavy atom. The predicted molar refractivity (Wildman–Crippen MR) is 95.2 cm³/mol. The van der Waals surface area contributed by atoms with Gasteiger partial charge >= 0.3 is 0 Å². The van der Waals surface area contributed by atoms with Crippen molar-refractivity contribution in [3.05, 3.63) is 64.9 Å². The SMILES string of the molecule is O=C(NCc1nc2ccccc2s1)C1CNNC1c1ccc(F)cc1. The van der Waals surface area contributed by atoms with Gasteiger partial charge in [0.2, 0.25) is 5.91 Å². The Morgan fingerprint density at radius 3 is 2.84 bits per heavy atom. The molecule has 0 bridgehead atoms. The lowest BCUT2D eigenvalue weighted by molar-refractivity contribution is -0.125. The molecule has 1 aliphatic heterocycles. The minimum Gasteiger partial charge on any atom is -0.349 e. The molecule has 0 saturated carbocycles. The lowest BCUT2D eigenvalue weighted by atomic mass is 9.94. The van der Waals surface area contributed by atoms with Gasteiger partial charge in [-0.05, 0) is 29.8 Å². The van der Waals surface area contributed by atoms with E-state index in [9.17, 15) is 9.18 Å². The van der Waals surface area contributed by atoms with Crippen LogP contribution in [0.4, 0.5) is 4.39 Å². The van der Waals surface area contributed by atoms with E-state index in [1.54, 1.807) is 23.5 Å². The summed E-state index contributed by atoms with van der Waals surface area (Å²) in [6, 6.07) is 14.0. The van der Waals surface area contributed by atoms with Gasteiger partial charge in [0.1, 0.15) is 10.8 Å². The van der Waals surface area contributed by atoms with Crippen molar-refractivity contribution in [2.45, 2.75) is 12.6 Å². The highest BCUT2D eigenvalue weighted by Crippen LogP contribution is 2.26. The van der Waals surface area contributed by atoms with Crippen LogP contribution in [0, 0.1) is 11.7 Å². The van der Waals surface area contributed by atoms with E-state index < -0.39 is 0 Å². The number of nitrogens with one attached hydrogen (secondary N) is 3. The number of fused-ring (bicyclic) bond motifs is 1. The van der Waals surface area contributed by atoms with Crippen LogP contribution < -0.4 is 16.2 Å². The zero-order chi connectivity index (χ0) is 17.2. The Labute approximate surface area is 148 Å². The van der Waals surface area contributed by atoms with Gasteiger partial charge in [-0.25, -0.2) is 14.8 Å². The fourth-order valence-electron chi connectivity index (χ4n) is 3.02. The number of hydrogen-bond acceptors (Lipinski definition) is 5. The molecular formula is C18H17FN4OS. The lowest BCUT2D eigenvalue weighted by Crippen LogP contribution is -2.34. The van der Waals surface area contributed by atoms with Gasteiger partial charge in [0, 0.05) is 6.54 Å². The number of para-hydroxylation sites is 1. The van der Waals surface area contributed by atoms with E-state index in [0.717, 1.165) is 20.8 Å². The molecule has 0 radical (unpaired) electrons. The molecule has 2 aromatic carbocycles. The van der Waals surface area contributed by atoms with Crippen molar-refractivity contribution in [2.24, 2.45) is 5.92 Å². The summed E-state index contributed by atoms with van der Waals surface area (Å²) in [7, 11) is 0. The van der Waals surface area contributed by atoms with Crippen LogP contribution in [0.1, 0.15) is 16.6 Å². The lowest BCUT2D eigenvalue weighted by Gasteiger charge is -2.18. The number of aromatic nitrogens is 1. The summed E-state index contributed by atoms with van der Waals surface area (Å²) in [6.07, 6.45) is 0. The molecule has 3 N–H and O–H groups in total. The molecule has 4 rings (SSSR count). The third-order valence-corrected chi connectivity index (χ3v) is 5.34. The van der Waals surface area contributed by atoms with Gasteiger partial charge in [-0.15, -0.1) is 11.3 Å². The summed E-state index contributed by atoms with van der Waals surface area (Å²) in [5.41, 5.74) is 7.95. The molecule has 2 unspecified atom stereocenters. The molecule has 3 aromatic rings. The minimum absolute atomic E-state index is 0.0499. The Morgan fingerprint density at radius 1 is 1.24 bits per heavy atom. The van der Waals surface area contributed by atoms with E-state index in [1.807, 2.05) is 24.3 Å². The number of benzene rings is 2. The predicted octanol–water partition coefficient (Wildman–Crippen LogP) is 2.52. The van der Waals surface area contributed by atoms with E-state index in [-0.39, 0.29) is 23.7 Å². The van der Waals surface area contributed by atoms with Gasteiger partial charge in [0.15, 0.2) is 0 Å². The van der Waals surface area contributed by atoms with E-state index in [2.05, 4.69) is 21.2 Å². The van der Waals surface area contributed by atoms with Crippen molar-refractivity contribution in [1.29, 1.82) is 0 Å². The first-order chi connectivity index (χ1) is 12.2. The Kier molecular flexibility index (Phi) is 4.44. The number of hydrazine groups is 1. The highest BCUT2D eigenvalue weighted by molar-refractivity contribution is 7.18. The van der Waals surface area contributed by atoms with Crippen LogP contribution in [0.15, 0.2) is 48.5 Å². The number of rotatable bonds is 4. The van der Waals surface area contributed by atoms with Crippen LogP contribution in [0.2, 0.25) is 0 Å². The van der Waals surface area contributed by atoms with Crippen molar-refractivity contribution >= 4 is 27.5 Å². The maximum atomic E-state index is 13.1. The average Bonchev–Trinajstić information content (AvgIpc) is 3.27. The third-order valence-electron chi connectivity index (χ3n) is 4.30. The number of carbonyl (C=O) groups is 1. The smallest absolute Gasteiger partial charge is 0.226 e. The van der Waals surface area contributed by atoms with Gasteiger partial charge in [-0.3, -0.25) is 10.2 Å². The van der Waals surface area contributed by atoms with Gasteiger partial charge in [-0.1, -0.05) is 24.3 Å². The number of halogens is 1. The fourth-order valence-corrected chi connectivity index (χ4v) is 3.92. The van der Waals surface area contributed by atoms with Crippen LogP contribution in [-0.4, -0.2) is 17.4 Å². The topological polar surface area (TPSA) is 66.0 Å². The molecule has 25 heavy (non-hydrogen) atoms. The molecule has 1 aromatic heterocycles. The third kappa shape index (κ3) is 3.39. The molecule has 0 aliphatic carbocycles. The van der Waals surface area contributed by atoms with Crippen LogP contribution >= 0.6 is 11.3 Å². The second-order valence-corrected chi connectivity index (χ2v) is 7.07. The Hall–Kier alpha value is -2.35. The van der Waals surface area contributed by atoms with Crippen molar-refractivity contribution in [1.82, 2.24) is 21.2 Å². The molecule has 1 amide bonds. The molecular weight excluding hydrogens is 339 g/mol. The standard InChI is InChI=1S/C18H17FN4OS/c19-12-7-5-11(6-8-12)17-13(9-21-23-17)18(24)20-10-16-22-14-3-1-2-4-15(14)25-16/h1-8,13,17,21,23H,9-10H2,(H,20,24). The monoisotopic (exact) mass is 356 g/mol. The average molecular weight is 356 g/mol. The van der Waals surface area contributed by atoms with Crippen molar-refractivity contribution in [3.63, 3.8) is 0 Å². The molecule has 2 heterocycles. The summed E-state index contributed by atoms with van der Waals surface area (Å²) in [5.74, 6) is -0.600. The van der Waals surface area contributed by atoms with Crippen LogP contribution in [-0.2, 0) is 11.3 Å². The quantitative estimate of drug-likeness (QED) is 0.672. The Balaban J connectivity index is 1.43. The summed E-state index contributed by atoms with van der Waals surface area (Å²) >= 11 is 1.58. The highest BCUT2D eigenvalue weighted by Gasteiger charge is 2.33.